The third kappa shape index (κ3) is 3.87. The molecular weight excluding hydrogens is 276 g/mol. The molecule has 2 unspecified atom stereocenters. The fourth-order valence-corrected chi connectivity index (χ4v) is 2.63. The molecule has 0 radical (unpaired) electrons. The van der Waals surface area contributed by atoms with Crippen LogP contribution in [0.15, 0.2) is 24.3 Å². The molecule has 2 atom stereocenters. The van der Waals surface area contributed by atoms with Crippen LogP contribution >= 0.6 is 11.6 Å². The lowest BCUT2D eigenvalue weighted by Gasteiger charge is -2.23. The van der Waals surface area contributed by atoms with Gasteiger partial charge in [0, 0.05) is 18.1 Å². The molecule has 1 heterocycles. The summed E-state index contributed by atoms with van der Waals surface area (Å²) in [5.41, 5.74) is 0. The number of amides is 1. The average molecular weight is 297 g/mol. The van der Waals surface area contributed by atoms with Gasteiger partial charge in [0.05, 0.1) is 12.5 Å². The summed E-state index contributed by atoms with van der Waals surface area (Å²) >= 11 is 5.89. The van der Waals surface area contributed by atoms with Crippen LogP contribution in [-0.4, -0.2) is 43.6 Å². The molecule has 4 nitrogen and oxygen atoms in total. The molecule has 0 bridgehead atoms. The van der Waals surface area contributed by atoms with Crippen molar-refractivity contribution >= 4 is 17.5 Å². The SMILES string of the molecule is CC1NCCC1C(=O)N(C)CCOc1cccc(Cl)c1. The van der Waals surface area contributed by atoms with Crippen molar-refractivity contribution in [2.75, 3.05) is 26.7 Å². The second-order valence-corrected chi connectivity index (χ2v) is 5.64. The molecule has 0 saturated carbocycles. The second-order valence-electron chi connectivity index (χ2n) is 5.20. The Morgan fingerprint density at radius 2 is 2.35 bits per heavy atom. The molecular formula is C15H21ClN2O2. The Labute approximate surface area is 125 Å². The number of nitrogens with zero attached hydrogens (tertiary/aromatic N) is 1. The summed E-state index contributed by atoms with van der Waals surface area (Å²) in [5.74, 6) is 1.01. The van der Waals surface area contributed by atoms with Crippen LogP contribution < -0.4 is 10.1 Å². The standard InChI is InChI=1S/C15H21ClN2O2/c1-11-14(6-7-17-11)15(19)18(2)8-9-20-13-5-3-4-12(16)10-13/h3-5,10-11,14,17H,6-9H2,1-2H3. The normalized spacial score (nSPS) is 21.8. The van der Waals surface area contributed by atoms with E-state index in [1.54, 1.807) is 17.0 Å². The van der Waals surface area contributed by atoms with E-state index in [0.717, 1.165) is 18.7 Å². The smallest absolute Gasteiger partial charge is 0.227 e. The van der Waals surface area contributed by atoms with Crippen molar-refractivity contribution in [3.8, 4) is 5.75 Å². The Kier molecular flexibility index (Phi) is 5.26. The Balaban J connectivity index is 1.77. The van der Waals surface area contributed by atoms with Crippen LogP contribution in [0.25, 0.3) is 0 Å². The van der Waals surface area contributed by atoms with Gasteiger partial charge in [-0.25, -0.2) is 0 Å². The lowest BCUT2D eigenvalue weighted by Crippen LogP contribution is -2.39. The Hall–Kier alpha value is -1.26. The van der Waals surface area contributed by atoms with Crippen LogP contribution in [0, 0.1) is 5.92 Å². The molecule has 0 spiro atoms. The summed E-state index contributed by atoms with van der Waals surface area (Å²) in [6.45, 7) is 4.03. The maximum atomic E-state index is 12.3. The predicted octanol–water partition coefficient (Wildman–Crippen LogP) is 2.18. The van der Waals surface area contributed by atoms with Gasteiger partial charge in [0.25, 0.3) is 0 Å². The number of halogens is 1. The minimum absolute atomic E-state index is 0.0890. The number of benzene rings is 1. The van der Waals surface area contributed by atoms with Gasteiger partial charge in [-0.05, 0) is 38.1 Å². The number of hydrogen-bond donors (Lipinski definition) is 1. The van der Waals surface area contributed by atoms with E-state index in [4.69, 9.17) is 16.3 Å². The maximum absolute atomic E-state index is 12.3. The average Bonchev–Trinajstić information content (AvgIpc) is 2.84. The lowest BCUT2D eigenvalue weighted by atomic mass is 10.0. The van der Waals surface area contributed by atoms with Gasteiger partial charge in [-0.3, -0.25) is 4.79 Å². The summed E-state index contributed by atoms with van der Waals surface area (Å²) in [6.07, 6.45) is 0.916. The zero-order valence-electron chi connectivity index (χ0n) is 11.9. The zero-order valence-corrected chi connectivity index (χ0v) is 12.7. The highest BCUT2D eigenvalue weighted by Crippen LogP contribution is 2.18. The quantitative estimate of drug-likeness (QED) is 0.905. The molecule has 1 N–H and O–H groups in total. The summed E-state index contributed by atoms with van der Waals surface area (Å²) in [4.78, 5) is 14.0. The molecule has 1 aromatic carbocycles. The van der Waals surface area contributed by atoms with E-state index in [1.807, 2.05) is 19.2 Å². The highest BCUT2D eigenvalue weighted by molar-refractivity contribution is 6.30. The number of nitrogens with one attached hydrogen (secondary N) is 1. The van der Waals surface area contributed by atoms with E-state index in [0.29, 0.717) is 18.2 Å². The number of rotatable bonds is 5. The maximum Gasteiger partial charge on any atom is 0.227 e. The van der Waals surface area contributed by atoms with Crippen molar-refractivity contribution < 1.29 is 9.53 Å². The van der Waals surface area contributed by atoms with Gasteiger partial charge < -0.3 is 15.0 Å². The van der Waals surface area contributed by atoms with Gasteiger partial charge in [-0.15, -0.1) is 0 Å². The first-order valence-corrected chi connectivity index (χ1v) is 7.32. The van der Waals surface area contributed by atoms with Gasteiger partial charge in [0.15, 0.2) is 0 Å². The van der Waals surface area contributed by atoms with Crippen LogP contribution in [-0.2, 0) is 4.79 Å². The van der Waals surface area contributed by atoms with Crippen molar-refractivity contribution in [2.45, 2.75) is 19.4 Å². The molecule has 0 aromatic heterocycles. The Bertz CT molecular complexity index is 467. The zero-order chi connectivity index (χ0) is 14.5. The highest BCUT2D eigenvalue weighted by atomic mass is 35.5. The second kappa shape index (κ2) is 6.95. The number of carbonyl (C=O) groups excluding carboxylic acids is 1. The molecule has 1 fully saturated rings. The van der Waals surface area contributed by atoms with Crippen LogP contribution in [0.5, 0.6) is 5.75 Å². The third-order valence-corrected chi connectivity index (χ3v) is 3.95. The number of likely N-dealkylation sites (N-methyl/N-ethyl adjacent to an activating group) is 1. The van der Waals surface area contributed by atoms with Crippen LogP contribution in [0.1, 0.15) is 13.3 Å². The van der Waals surface area contributed by atoms with Gasteiger partial charge in [-0.2, -0.15) is 0 Å². The third-order valence-electron chi connectivity index (χ3n) is 3.71. The first-order chi connectivity index (χ1) is 9.58. The molecule has 110 valence electrons. The summed E-state index contributed by atoms with van der Waals surface area (Å²) in [7, 11) is 1.83. The van der Waals surface area contributed by atoms with E-state index in [2.05, 4.69) is 12.2 Å². The fraction of sp³-hybridized carbons (Fsp3) is 0.533. The summed E-state index contributed by atoms with van der Waals surface area (Å²) in [6, 6.07) is 7.54. The summed E-state index contributed by atoms with van der Waals surface area (Å²) in [5, 5.41) is 3.95. The summed E-state index contributed by atoms with van der Waals surface area (Å²) < 4.78 is 5.60. The molecule has 1 aromatic rings. The van der Waals surface area contributed by atoms with E-state index >= 15 is 0 Å². The largest absolute Gasteiger partial charge is 0.492 e. The van der Waals surface area contributed by atoms with Gasteiger partial charge in [0.2, 0.25) is 5.91 Å². The highest BCUT2D eigenvalue weighted by Gasteiger charge is 2.31. The fourth-order valence-electron chi connectivity index (χ4n) is 2.45. The minimum atomic E-state index is 0.0890. The topological polar surface area (TPSA) is 41.6 Å². The van der Waals surface area contributed by atoms with E-state index in [9.17, 15) is 4.79 Å². The number of ether oxygens (including phenoxy) is 1. The minimum Gasteiger partial charge on any atom is -0.492 e. The predicted molar refractivity (Wildman–Crippen MR) is 80.2 cm³/mol. The number of hydrogen-bond acceptors (Lipinski definition) is 3. The van der Waals surface area contributed by atoms with Crippen molar-refractivity contribution in [3.05, 3.63) is 29.3 Å². The van der Waals surface area contributed by atoms with Crippen LogP contribution in [0.2, 0.25) is 5.02 Å². The molecule has 0 aliphatic carbocycles. The first-order valence-electron chi connectivity index (χ1n) is 6.94. The molecule has 1 saturated heterocycles. The molecule has 20 heavy (non-hydrogen) atoms. The number of carbonyl (C=O) groups is 1. The molecule has 1 amide bonds. The lowest BCUT2D eigenvalue weighted by molar-refractivity contribution is -0.134. The monoisotopic (exact) mass is 296 g/mol. The van der Waals surface area contributed by atoms with Crippen molar-refractivity contribution in [1.82, 2.24) is 10.2 Å². The van der Waals surface area contributed by atoms with Crippen molar-refractivity contribution in [2.24, 2.45) is 5.92 Å². The van der Waals surface area contributed by atoms with E-state index in [1.165, 1.54) is 0 Å². The van der Waals surface area contributed by atoms with Gasteiger partial charge in [0.1, 0.15) is 12.4 Å². The van der Waals surface area contributed by atoms with Crippen molar-refractivity contribution in [3.63, 3.8) is 0 Å². The van der Waals surface area contributed by atoms with E-state index in [-0.39, 0.29) is 17.9 Å². The van der Waals surface area contributed by atoms with Crippen LogP contribution in [0.4, 0.5) is 0 Å². The molecule has 1 aliphatic heterocycles. The molecule has 2 rings (SSSR count). The van der Waals surface area contributed by atoms with Crippen molar-refractivity contribution in [1.29, 1.82) is 0 Å². The Morgan fingerprint density at radius 3 is 3.00 bits per heavy atom. The van der Waals surface area contributed by atoms with Gasteiger partial charge >= 0.3 is 0 Å². The van der Waals surface area contributed by atoms with Crippen LogP contribution in [0.3, 0.4) is 0 Å². The van der Waals surface area contributed by atoms with Gasteiger partial charge in [-0.1, -0.05) is 17.7 Å². The van der Waals surface area contributed by atoms with E-state index < -0.39 is 0 Å². The Morgan fingerprint density at radius 1 is 1.55 bits per heavy atom. The molecule has 1 aliphatic rings. The first kappa shape index (κ1) is 15.1. The molecule has 5 heteroatoms.